The van der Waals surface area contributed by atoms with Crippen LogP contribution in [0.15, 0.2) is 12.5 Å². The Balaban J connectivity index is 2.81. The molecule has 0 aliphatic carbocycles. The third-order valence-corrected chi connectivity index (χ3v) is 1.85. The molecule has 5 nitrogen and oxygen atoms in total. The van der Waals surface area contributed by atoms with Gasteiger partial charge in [-0.3, -0.25) is 4.79 Å². The van der Waals surface area contributed by atoms with Crippen LogP contribution in [0, 0.1) is 0 Å². The van der Waals surface area contributed by atoms with Gasteiger partial charge in [-0.15, -0.1) is 0 Å². The molecule has 0 aliphatic heterocycles. The molecular formula is C8H8N4O. The number of carbonyl (C=O) groups excluding carboxylic acids is 1. The number of pyridine rings is 1. The van der Waals surface area contributed by atoms with Crippen LogP contribution < -0.4 is 5.32 Å². The highest BCUT2D eigenvalue weighted by atomic mass is 16.1. The maximum absolute atomic E-state index is 10.6. The van der Waals surface area contributed by atoms with Crippen LogP contribution in [-0.2, 0) is 0 Å². The Labute approximate surface area is 74.2 Å². The molecule has 0 atom stereocenters. The van der Waals surface area contributed by atoms with E-state index in [1.807, 2.05) is 0 Å². The van der Waals surface area contributed by atoms with E-state index in [9.17, 15) is 4.79 Å². The van der Waals surface area contributed by atoms with E-state index < -0.39 is 0 Å². The number of imidazole rings is 1. The molecular weight excluding hydrogens is 168 g/mol. The lowest BCUT2D eigenvalue weighted by atomic mass is 10.2. The number of hydrogen-bond donors (Lipinski definition) is 2. The van der Waals surface area contributed by atoms with Gasteiger partial charge in [0, 0.05) is 13.2 Å². The van der Waals surface area contributed by atoms with Gasteiger partial charge in [-0.1, -0.05) is 0 Å². The van der Waals surface area contributed by atoms with Gasteiger partial charge in [0.2, 0.25) is 0 Å². The van der Waals surface area contributed by atoms with Gasteiger partial charge in [-0.25, -0.2) is 9.97 Å². The maximum atomic E-state index is 10.6. The number of nitrogens with zero attached hydrogens (tertiary/aromatic N) is 2. The second-order valence-electron chi connectivity index (χ2n) is 2.56. The highest BCUT2D eigenvalue weighted by Crippen LogP contribution is 2.20. The zero-order valence-electron chi connectivity index (χ0n) is 7.03. The molecule has 0 radical (unpaired) electrons. The Kier molecular flexibility index (Phi) is 1.70. The Morgan fingerprint density at radius 1 is 1.54 bits per heavy atom. The van der Waals surface area contributed by atoms with E-state index in [0.717, 1.165) is 6.29 Å². The minimum absolute atomic E-state index is 0.516. The third-order valence-electron chi connectivity index (χ3n) is 1.85. The highest BCUT2D eigenvalue weighted by Gasteiger charge is 2.07. The fraction of sp³-hybridized carbons (Fsp3) is 0.125. The van der Waals surface area contributed by atoms with E-state index in [1.165, 1.54) is 6.20 Å². The van der Waals surface area contributed by atoms with Gasteiger partial charge in [0.25, 0.3) is 0 Å². The molecule has 0 aliphatic rings. The topological polar surface area (TPSA) is 70.7 Å². The summed E-state index contributed by atoms with van der Waals surface area (Å²) in [5.74, 6) is 0. The van der Waals surface area contributed by atoms with Crippen molar-refractivity contribution in [3.05, 3.63) is 18.1 Å². The molecule has 2 heterocycles. The molecule has 0 saturated carbocycles. The minimum atomic E-state index is 0.516. The first-order valence-electron chi connectivity index (χ1n) is 3.82. The molecule has 2 rings (SSSR count). The quantitative estimate of drug-likeness (QED) is 0.664. The van der Waals surface area contributed by atoms with Crippen LogP contribution in [0.5, 0.6) is 0 Å². The summed E-state index contributed by atoms with van der Waals surface area (Å²) in [5, 5.41) is 2.92. The summed E-state index contributed by atoms with van der Waals surface area (Å²) in [6.07, 6.45) is 3.82. The van der Waals surface area contributed by atoms with Gasteiger partial charge in [-0.05, 0) is 0 Å². The second-order valence-corrected chi connectivity index (χ2v) is 2.56. The number of H-pyrrole nitrogens is 1. The summed E-state index contributed by atoms with van der Waals surface area (Å²) in [4.78, 5) is 21.6. The van der Waals surface area contributed by atoms with Crippen molar-refractivity contribution in [1.82, 2.24) is 15.0 Å². The fourth-order valence-corrected chi connectivity index (χ4v) is 1.26. The molecule has 0 aromatic carbocycles. The second kappa shape index (κ2) is 2.85. The van der Waals surface area contributed by atoms with E-state index in [2.05, 4.69) is 20.3 Å². The van der Waals surface area contributed by atoms with E-state index in [0.29, 0.717) is 22.4 Å². The molecule has 0 amide bonds. The van der Waals surface area contributed by atoms with E-state index in [-0.39, 0.29) is 0 Å². The first-order valence-corrected chi connectivity index (χ1v) is 3.82. The Bertz CT molecular complexity index is 448. The zero-order valence-corrected chi connectivity index (χ0v) is 7.03. The number of nitrogens with one attached hydrogen (secondary N) is 2. The third kappa shape index (κ3) is 1.05. The summed E-state index contributed by atoms with van der Waals surface area (Å²) < 4.78 is 0. The molecule has 2 N–H and O–H groups in total. The van der Waals surface area contributed by atoms with Gasteiger partial charge < -0.3 is 10.3 Å². The lowest BCUT2D eigenvalue weighted by molar-refractivity contribution is 0.112. The Morgan fingerprint density at radius 2 is 2.38 bits per heavy atom. The van der Waals surface area contributed by atoms with Gasteiger partial charge in [0.15, 0.2) is 11.9 Å². The monoisotopic (exact) mass is 176 g/mol. The normalized spacial score (nSPS) is 10.2. The predicted molar refractivity (Wildman–Crippen MR) is 48.8 cm³/mol. The lowest BCUT2D eigenvalue weighted by Gasteiger charge is -2.02. The standard InChI is InChI=1S/C8H8N4O/c1-9-6-5(3-13)2-10-8-7(6)11-4-12-8/h2-4H,1H3,(H2,9,10,11,12). The summed E-state index contributed by atoms with van der Waals surface area (Å²) in [7, 11) is 1.75. The Hall–Kier alpha value is -1.91. The summed E-state index contributed by atoms with van der Waals surface area (Å²) in [6.45, 7) is 0. The SMILES string of the molecule is CNc1c(C=O)cnc2[nH]cnc12. The van der Waals surface area contributed by atoms with Crippen molar-refractivity contribution in [2.24, 2.45) is 0 Å². The average Bonchev–Trinajstić information content (AvgIpc) is 2.63. The molecule has 0 saturated heterocycles. The highest BCUT2D eigenvalue weighted by molar-refractivity contribution is 5.96. The molecule has 0 unspecified atom stereocenters. The van der Waals surface area contributed by atoms with E-state index in [4.69, 9.17) is 0 Å². The predicted octanol–water partition coefficient (Wildman–Crippen LogP) is 0.812. The number of aldehydes is 1. The van der Waals surface area contributed by atoms with Gasteiger partial charge >= 0.3 is 0 Å². The summed E-state index contributed by atoms with van der Waals surface area (Å²) in [6, 6.07) is 0. The molecule has 2 aromatic rings. The van der Waals surface area contributed by atoms with E-state index in [1.54, 1.807) is 13.4 Å². The molecule has 66 valence electrons. The number of rotatable bonds is 2. The van der Waals surface area contributed by atoms with Crippen molar-refractivity contribution in [1.29, 1.82) is 0 Å². The number of aromatic amines is 1. The first kappa shape index (κ1) is 7.72. The average molecular weight is 176 g/mol. The van der Waals surface area contributed by atoms with Crippen LogP contribution in [0.1, 0.15) is 10.4 Å². The molecule has 2 aromatic heterocycles. The smallest absolute Gasteiger partial charge is 0.159 e. The van der Waals surface area contributed by atoms with Crippen LogP contribution >= 0.6 is 0 Å². The van der Waals surface area contributed by atoms with Gasteiger partial charge in [-0.2, -0.15) is 0 Å². The largest absolute Gasteiger partial charge is 0.386 e. The molecule has 13 heavy (non-hydrogen) atoms. The first-order chi connectivity index (χ1) is 6.36. The fourth-order valence-electron chi connectivity index (χ4n) is 1.26. The van der Waals surface area contributed by atoms with Crippen LogP contribution in [0.4, 0.5) is 5.69 Å². The van der Waals surface area contributed by atoms with Crippen molar-refractivity contribution >= 4 is 23.1 Å². The van der Waals surface area contributed by atoms with Crippen molar-refractivity contribution < 1.29 is 4.79 Å². The number of hydrogen-bond acceptors (Lipinski definition) is 4. The van der Waals surface area contributed by atoms with Crippen LogP contribution in [0.2, 0.25) is 0 Å². The number of anilines is 1. The zero-order chi connectivity index (χ0) is 9.26. The lowest BCUT2D eigenvalue weighted by Crippen LogP contribution is -1.96. The number of fused-ring (bicyclic) bond motifs is 1. The number of carbonyl (C=O) groups is 1. The van der Waals surface area contributed by atoms with Gasteiger partial charge in [0.05, 0.1) is 17.6 Å². The molecule has 0 spiro atoms. The molecule has 0 bridgehead atoms. The van der Waals surface area contributed by atoms with Crippen LogP contribution in [-0.4, -0.2) is 28.3 Å². The summed E-state index contributed by atoms with van der Waals surface area (Å²) in [5.41, 5.74) is 2.59. The van der Waals surface area contributed by atoms with Crippen LogP contribution in [0.25, 0.3) is 11.2 Å². The van der Waals surface area contributed by atoms with Crippen molar-refractivity contribution in [3.8, 4) is 0 Å². The van der Waals surface area contributed by atoms with Crippen molar-refractivity contribution in [2.75, 3.05) is 12.4 Å². The minimum Gasteiger partial charge on any atom is -0.386 e. The molecule has 0 fully saturated rings. The van der Waals surface area contributed by atoms with Crippen LogP contribution in [0.3, 0.4) is 0 Å². The van der Waals surface area contributed by atoms with Gasteiger partial charge in [0.1, 0.15) is 5.52 Å². The van der Waals surface area contributed by atoms with Crippen molar-refractivity contribution in [3.63, 3.8) is 0 Å². The summed E-state index contributed by atoms with van der Waals surface area (Å²) >= 11 is 0. The van der Waals surface area contributed by atoms with E-state index >= 15 is 0 Å². The van der Waals surface area contributed by atoms with Crippen molar-refractivity contribution in [2.45, 2.75) is 0 Å². The number of aromatic nitrogens is 3. The molecule has 5 heteroatoms. The maximum Gasteiger partial charge on any atom is 0.159 e. The Morgan fingerprint density at radius 3 is 3.08 bits per heavy atom.